The normalized spacial score (nSPS) is 29.8. The number of hydrogen-bond donors (Lipinski definition) is 2. The van der Waals surface area contributed by atoms with E-state index >= 15 is 0 Å². The SMILES string of the molecule is Cc1c(CNC(=O)[C@H]2[C@H](C(=O)O)[C@H]3C=C[C@H]2C3)cnn1C. The molecule has 4 atom stereocenters. The first-order chi connectivity index (χ1) is 9.99. The van der Waals surface area contributed by atoms with Gasteiger partial charge in [-0.1, -0.05) is 12.2 Å². The third-order valence-electron chi connectivity index (χ3n) is 4.84. The molecular formula is C15H19N3O3. The van der Waals surface area contributed by atoms with Crippen molar-refractivity contribution in [2.75, 3.05) is 0 Å². The van der Waals surface area contributed by atoms with Gasteiger partial charge in [-0.15, -0.1) is 0 Å². The predicted octanol–water partition coefficient (Wildman–Crippen LogP) is 0.868. The Morgan fingerprint density at radius 1 is 1.38 bits per heavy atom. The van der Waals surface area contributed by atoms with Crippen LogP contribution in [0.5, 0.6) is 0 Å². The molecule has 2 aliphatic rings. The first-order valence-electron chi connectivity index (χ1n) is 7.15. The van der Waals surface area contributed by atoms with E-state index in [-0.39, 0.29) is 17.7 Å². The van der Waals surface area contributed by atoms with Crippen LogP contribution in [0.25, 0.3) is 0 Å². The largest absolute Gasteiger partial charge is 0.481 e. The van der Waals surface area contributed by atoms with Gasteiger partial charge in [0.15, 0.2) is 0 Å². The zero-order valence-electron chi connectivity index (χ0n) is 12.1. The van der Waals surface area contributed by atoms with Crippen molar-refractivity contribution >= 4 is 11.9 Å². The average molecular weight is 289 g/mol. The molecule has 0 aromatic carbocycles. The lowest BCUT2D eigenvalue weighted by molar-refractivity contribution is -0.147. The van der Waals surface area contributed by atoms with Crippen LogP contribution >= 0.6 is 0 Å². The van der Waals surface area contributed by atoms with Crippen molar-refractivity contribution in [1.29, 1.82) is 0 Å². The van der Waals surface area contributed by atoms with Crippen molar-refractivity contribution < 1.29 is 14.7 Å². The second-order valence-corrected chi connectivity index (χ2v) is 5.93. The molecule has 6 heteroatoms. The van der Waals surface area contributed by atoms with E-state index in [9.17, 15) is 14.7 Å². The van der Waals surface area contributed by atoms with Gasteiger partial charge in [0.2, 0.25) is 5.91 Å². The third kappa shape index (κ3) is 2.24. The number of allylic oxidation sites excluding steroid dienone is 2. The molecule has 1 aromatic heterocycles. The van der Waals surface area contributed by atoms with Crippen LogP contribution in [0.1, 0.15) is 17.7 Å². The van der Waals surface area contributed by atoms with Crippen LogP contribution in [-0.2, 0) is 23.2 Å². The van der Waals surface area contributed by atoms with E-state index in [0.29, 0.717) is 6.54 Å². The standard InChI is InChI=1S/C15H19N3O3/c1-8-11(7-17-18(8)2)6-16-14(19)12-9-3-4-10(5-9)13(12)15(20)21/h3-4,7,9-10,12-13H,5-6H2,1-2H3,(H,16,19)(H,20,21)/t9-,10-,12+,13+/m0/s1. The fourth-order valence-electron chi connectivity index (χ4n) is 3.53. The average Bonchev–Trinajstić information content (AvgIpc) is 3.13. The Kier molecular flexibility index (Phi) is 3.31. The van der Waals surface area contributed by atoms with E-state index in [1.54, 1.807) is 10.9 Å². The molecule has 0 unspecified atom stereocenters. The predicted molar refractivity (Wildman–Crippen MR) is 75.1 cm³/mol. The second-order valence-electron chi connectivity index (χ2n) is 5.93. The Labute approximate surface area is 122 Å². The summed E-state index contributed by atoms with van der Waals surface area (Å²) in [5.41, 5.74) is 1.95. The van der Waals surface area contributed by atoms with Crippen LogP contribution in [0.3, 0.4) is 0 Å². The molecule has 1 aromatic rings. The summed E-state index contributed by atoms with van der Waals surface area (Å²) in [6, 6.07) is 0. The highest BCUT2D eigenvalue weighted by Gasteiger charge is 2.51. The maximum Gasteiger partial charge on any atom is 0.307 e. The monoisotopic (exact) mass is 289 g/mol. The van der Waals surface area contributed by atoms with Crippen LogP contribution in [0.4, 0.5) is 0 Å². The number of carbonyl (C=O) groups excluding carboxylic acids is 1. The van der Waals surface area contributed by atoms with Gasteiger partial charge in [-0.05, 0) is 25.2 Å². The van der Waals surface area contributed by atoms with Crippen molar-refractivity contribution in [1.82, 2.24) is 15.1 Å². The smallest absolute Gasteiger partial charge is 0.307 e. The zero-order valence-corrected chi connectivity index (χ0v) is 12.1. The van der Waals surface area contributed by atoms with Crippen LogP contribution in [-0.4, -0.2) is 26.8 Å². The van der Waals surface area contributed by atoms with Gasteiger partial charge in [0.05, 0.1) is 18.0 Å². The molecule has 1 heterocycles. The molecule has 112 valence electrons. The number of fused-ring (bicyclic) bond motifs is 2. The van der Waals surface area contributed by atoms with Crippen LogP contribution in [0.15, 0.2) is 18.3 Å². The van der Waals surface area contributed by atoms with Gasteiger partial charge in [0.1, 0.15) is 0 Å². The molecule has 0 radical (unpaired) electrons. The van der Waals surface area contributed by atoms with Crippen molar-refractivity contribution in [3.8, 4) is 0 Å². The van der Waals surface area contributed by atoms with Crippen molar-refractivity contribution in [2.24, 2.45) is 30.7 Å². The number of amides is 1. The highest BCUT2D eigenvalue weighted by atomic mass is 16.4. The van der Waals surface area contributed by atoms with E-state index in [0.717, 1.165) is 17.7 Å². The Morgan fingerprint density at radius 3 is 2.62 bits per heavy atom. The summed E-state index contributed by atoms with van der Waals surface area (Å²) in [6.45, 7) is 2.33. The van der Waals surface area contributed by atoms with Gasteiger partial charge >= 0.3 is 5.97 Å². The molecule has 21 heavy (non-hydrogen) atoms. The fraction of sp³-hybridized carbons (Fsp3) is 0.533. The number of hydrogen-bond acceptors (Lipinski definition) is 3. The number of carboxylic acids is 1. The number of aromatic nitrogens is 2. The summed E-state index contributed by atoms with van der Waals surface area (Å²) in [7, 11) is 1.85. The van der Waals surface area contributed by atoms with E-state index < -0.39 is 17.8 Å². The highest BCUT2D eigenvalue weighted by Crippen LogP contribution is 2.48. The minimum Gasteiger partial charge on any atom is -0.481 e. The molecule has 3 rings (SSSR count). The van der Waals surface area contributed by atoms with Crippen molar-refractivity contribution in [3.05, 3.63) is 29.6 Å². The number of carbonyl (C=O) groups is 2. The minimum absolute atomic E-state index is 0.00313. The third-order valence-corrected chi connectivity index (χ3v) is 4.84. The van der Waals surface area contributed by atoms with E-state index in [1.165, 1.54) is 0 Å². The Balaban J connectivity index is 1.69. The Hall–Kier alpha value is -2.11. The van der Waals surface area contributed by atoms with E-state index in [1.807, 2.05) is 26.1 Å². The maximum absolute atomic E-state index is 12.4. The maximum atomic E-state index is 12.4. The summed E-state index contributed by atoms with van der Waals surface area (Å²) in [5, 5.41) is 16.4. The summed E-state index contributed by atoms with van der Waals surface area (Å²) in [5.74, 6) is -2.01. The van der Waals surface area contributed by atoms with E-state index in [4.69, 9.17) is 0 Å². The lowest BCUT2D eigenvalue weighted by atomic mass is 9.82. The summed E-state index contributed by atoms with van der Waals surface area (Å²) < 4.78 is 1.75. The molecule has 1 fully saturated rings. The Bertz CT molecular complexity index is 620. The quantitative estimate of drug-likeness (QED) is 0.805. The van der Waals surface area contributed by atoms with Gasteiger partial charge in [0, 0.05) is 24.8 Å². The van der Waals surface area contributed by atoms with Crippen LogP contribution in [0, 0.1) is 30.6 Å². The number of nitrogens with one attached hydrogen (secondary N) is 1. The summed E-state index contributed by atoms with van der Waals surface area (Å²) in [4.78, 5) is 23.8. The molecule has 2 aliphatic carbocycles. The molecule has 1 amide bonds. The minimum atomic E-state index is -0.871. The van der Waals surface area contributed by atoms with Gasteiger partial charge < -0.3 is 10.4 Å². The fourth-order valence-corrected chi connectivity index (χ4v) is 3.53. The Morgan fingerprint density at radius 2 is 2.05 bits per heavy atom. The lowest BCUT2D eigenvalue weighted by Gasteiger charge is -2.23. The molecule has 2 bridgehead atoms. The molecular weight excluding hydrogens is 270 g/mol. The number of aryl methyl sites for hydroxylation is 1. The molecule has 2 N–H and O–H groups in total. The molecule has 0 saturated heterocycles. The lowest BCUT2D eigenvalue weighted by Crippen LogP contribution is -2.39. The molecule has 1 saturated carbocycles. The molecule has 0 spiro atoms. The van der Waals surface area contributed by atoms with Gasteiger partial charge in [-0.3, -0.25) is 14.3 Å². The summed E-state index contributed by atoms with van der Waals surface area (Å²) >= 11 is 0. The van der Waals surface area contributed by atoms with Gasteiger partial charge in [-0.2, -0.15) is 5.10 Å². The zero-order chi connectivity index (χ0) is 15.1. The number of carboxylic acid groups (broad SMARTS) is 1. The number of aliphatic carboxylic acids is 1. The van der Waals surface area contributed by atoms with Crippen LogP contribution < -0.4 is 5.32 Å². The van der Waals surface area contributed by atoms with Crippen LogP contribution in [0.2, 0.25) is 0 Å². The number of nitrogens with zero attached hydrogens (tertiary/aromatic N) is 2. The van der Waals surface area contributed by atoms with E-state index in [2.05, 4.69) is 10.4 Å². The number of rotatable bonds is 4. The molecule has 6 nitrogen and oxygen atoms in total. The first kappa shape index (κ1) is 13.9. The second kappa shape index (κ2) is 5.02. The highest BCUT2D eigenvalue weighted by molar-refractivity contribution is 5.86. The molecule has 0 aliphatic heterocycles. The van der Waals surface area contributed by atoms with Gasteiger partial charge in [-0.25, -0.2) is 0 Å². The van der Waals surface area contributed by atoms with Gasteiger partial charge in [0.25, 0.3) is 0 Å². The summed E-state index contributed by atoms with van der Waals surface area (Å²) in [6.07, 6.45) is 6.44. The van der Waals surface area contributed by atoms with Crippen molar-refractivity contribution in [2.45, 2.75) is 19.9 Å². The van der Waals surface area contributed by atoms with Crippen molar-refractivity contribution in [3.63, 3.8) is 0 Å². The first-order valence-corrected chi connectivity index (χ1v) is 7.15. The topological polar surface area (TPSA) is 84.2 Å².